The third-order valence-corrected chi connectivity index (χ3v) is 3.12. The van der Waals surface area contributed by atoms with E-state index >= 15 is 0 Å². The molecule has 0 saturated heterocycles. The number of methoxy groups -OCH3 is 1. The van der Waals surface area contributed by atoms with Crippen LogP contribution in [0.3, 0.4) is 0 Å². The quantitative estimate of drug-likeness (QED) is 0.457. The van der Waals surface area contributed by atoms with Crippen LogP contribution in [0, 0.1) is 10.1 Å². The highest BCUT2D eigenvalue weighted by molar-refractivity contribution is 7.17. The fourth-order valence-corrected chi connectivity index (χ4v) is 2.36. The lowest BCUT2D eigenvalue weighted by Crippen LogP contribution is -1.99. The van der Waals surface area contributed by atoms with Crippen molar-refractivity contribution in [3.05, 3.63) is 39.3 Å². The molecule has 0 bridgehead atoms. The Kier molecular flexibility index (Phi) is 2.57. The first-order valence-electron chi connectivity index (χ1n) is 4.37. The summed E-state index contributed by atoms with van der Waals surface area (Å²) >= 11 is 1.28. The molecule has 16 heavy (non-hydrogen) atoms. The molecule has 2 rings (SSSR count). The maximum atomic E-state index is 11.4. The van der Waals surface area contributed by atoms with Crippen molar-refractivity contribution in [2.24, 2.45) is 0 Å². The van der Waals surface area contributed by atoms with Crippen LogP contribution in [0.15, 0.2) is 23.6 Å². The number of carbonyl (C=O) groups excluding carboxylic acids is 1. The molecule has 0 radical (unpaired) electrons. The zero-order valence-electron chi connectivity index (χ0n) is 8.30. The minimum atomic E-state index is -0.461. The van der Waals surface area contributed by atoms with Gasteiger partial charge in [0.2, 0.25) is 0 Å². The summed E-state index contributed by atoms with van der Waals surface area (Å²) in [5.74, 6) is -0.430. The van der Waals surface area contributed by atoms with Gasteiger partial charge in [0.05, 0.1) is 17.6 Å². The summed E-state index contributed by atoms with van der Waals surface area (Å²) in [5.41, 5.74) is 0.461. The summed E-state index contributed by atoms with van der Waals surface area (Å²) in [5, 5.41) is 12.9. The number of esters is 1. The Labute approximate surface area is 94.4 Å². The Bertz CT molecular complexity index is 575. The summed E-state index contributed by atoms with van der Waals surface area (Å²) in [4.78, 5) is 21.5. The van der Waals surface area contributed by atoms with Crippen molar-refractivity contribution < 1.29 is 14.5 Å². The average molecular weight is 237 g/mol. The number of rotatable bonds is 2. The summed E-state index contributed by atoms with van der Waals surface area (Å²) < 4.78 is 5.32. The van der Waals surface area contributed by atoms with E-state index in [1.807, 2.05) is 0 Å². The molecule has 6 heteroatoms. The van der Waals surface area contributed by atoms with Crippen molar-refractivity contribution in [1.29, 1.82) is 0 Å². The van der Waals surface area contributed by atoms with Gasteiger partial charge in [0, 0.05) is 27.6 Å². The molecule has 1 aromatic carbocycles. The molecule has 2 aromatic rings. The Morgan fingerprint density at radius 3 is 2.88 bits per heavy atom. The van der Waals surface area contributed by atoms with Crippen LogP contribution in [0.4, 0.5) is 5.69 Å². The topological polar surface area (TPSA) is 69.4 Å². The predicted molar refractivity (Wildman–Crippen MR) is 59.8 cm³/mol. The summed E-state index contributed by atoms with van der Waals surface area (Å²) in [6.07, 6.45) is 0. The Morgan fingerprint density at radius 1 is 1.50 bits per heavy atom. The lowest BCUT2D eigenvalue weighted by atomic mass is 10.1. The maximum Gasteiger partial charge on any atom is 0.339 e. The summed E-state index contributed by atoms with van der Waals surface area (Å²) in [6.45, 7) is 0. The number of nitro benzene ring substituents is 1. The van der Waals surface area contributed by atoms with Crippen LogP contribution in [-0.4, -0.2) is 18.0 Å². The zero-order valence-corrected chi connectivity index (χ0v) is 9.11. The van der Waals surface area contributed by atoms with Gasteiger partial charge in [-0.2, -0.15) is 0 Å². The monoisotopic (exact) mass is 237 g/mol. The number of fused-ring (bicyclic) bond motifs is 1. The largest absolute Gasteiger partial charge is 0.465 e. The molecule has 0 aliphatic rings. The summed E-state index contributed by atoms with van der Waals surface area (Å²) in [6, 6.07) is 4.39. The molecule has 0 atom stereocenters. The van der Waals surface area contributed by atoms with Crippen LogP contribution in [0.1, 0.15) is 10.4 Å². The highest BCUT2D eigenvalue weighted by Crippen LogP contribution is 2.29. The van der Waals surface area contributed by atoms with E-state index in [1.54, 1.807) is 11.4 Å². The van der Waals surface area contributed by atoms with Gasteiger partial charge in [-0.15, -0.1) is 11.3 Å². The molecule has 0 aliphatic carbocycles. The molecule has 0 N–H and O–H groups in total. The maximum absolute atomic E-state index is 11.4. The predicted octanol–water partition coefficient (Wildman–Crippen LogP) is 2.60. The highest BCUT2D eigenvalue weighted by atomic mass is 32.1. The van der Waals surface area contributed by atoms with E-state index in [0.29, 0.717) is 15.6 Å². The van der Waals surface area contributed by atoms with Crippen LogP contribution in [-0.2, 0) is 4.74 Å². The summed E-state index contributed by atoms with van der Waals surface area (Å²) in [7, 11) is 1.30. The van der Waals surface area contributed by atoms with Crippen molar-refractivity contribution in [2.45, 2.75) is 0 Å². The van der Waals surface area contributed by atoms with E-state index in [1.165, 1.54) is 30.6 Å². The number of thiophene rings is 1. The van der Waals surface area contributed by atoms with E-state index in [0.717, 1.165) is 0 Å². The molecule has 82 valence electrons. The molecule has 0 fully saturated rings. The van der Waals surface area contributed by atoms with Crippen molar-refractivity contribution in [1.82, 2.24) is 0 Å². The second kappa shape index (κ2) is 3.90. The van der Waals surface area contributed by atoms with E-state index < -0.39 is 10.9 Å². The van der Waals surface area contributed by atoms with Gasteiger partial charge in [-0.1, -0.05) is 0 Å². The Hall–Kier alpha value is -1.95. The van der Waals surface area contributed by atoms with Crippen LogP contribution in [0.2, 0.25) is 0 Å². The number of nitro groups is 1. The van der Waals surface area contributed by atoms with E-state index in [2.05, 4.69) is 4.74 Å². The second-order valence-corrected chi connectivity index (χ2v) is 3.99. The number of benzene rings is 1. The van der Waals surface area contributed by atoms with E-state index in [-0.39, 0.29) is 5.69 Å². The van der Waals surface area contributed by atoms with Gasteiger partial charge >= 0.3 is 5.97 Å². The average Bonchev–Trinajstić information content (AvgIpc) is 2.70. The molecule has 5 nitrogen and oxygen atoms in total. The first-order chi connectivity index (χ1) is 7.63. The first kappa shape index (κ1) is 10.6. The smallest absolute Gasteiger partial charge is 0.339 e. The van der Waals surface area contributed by atoms with Gasteiger partial charge in [-0.3, -0.25) is 10.1 Å². The molecule has 0 amide bonds. The van der Waals surface area contributed by atoms with Gasteiger partial charge in [-0.05, 0) is 6.07 Å². The first-order valence-corrected chi connectivity index (χ1v) is 5.25. The Morgan fingerprint density at radius 2 is 2.25 bits per heavy atom. The standard InChI is InChI=1S/C10H7NO4S/c1-15-10(12)8-5-16-9-4-6(11(13)14)2-3-7(8)9/h2-5H,1H3. The van der Waals surface area contributed by atoms with Crippen molar-refractivity contribution in [3.8, 4) is 0 Å². The number of carbonyl (C=O) groups is 1. The second-order valence-electron chi connectivity index (χ2n) is 3.08. The molecule has 1 heterocycles. The minimum absolute atomic E-state index is 0.0192. The minimum Gasteiger partial charge on any atom is -0.465 e. The number of ether oxygens (including phenoxy) is 1. The molecule has 1 aromatic heterocycles. The van der Waals surface area contributed by atoms with E-state index in [9.17, 15) is 14.9 Å². The highest BCUT2D eigenvalue weighted by Gasteiger charge is 2.14. The van der Waals surface area contributed by atoms with Gasteiger partial charge in [0.15, 0.2) is 0 Å². The molecule has 0 spiro atoms. The molecule has 0 saturated carbocycles. The van der Waals surface area contributed by atoms with Crippen LogP contribution in [0.5, 0.6) is 0 Å². The van der Waals surface area contributed by atoms with Gasteiger partial charge in [0.25, 0.3) is 5.69 Å². The lowest BCUT2D eigenvalue weighted by molar-refractivity contribution is -0.384. The fourth-order valence-electron chi connectivity index (χ4n) is 1.40. The molecule has 0 unspecified atom stereocenters. The normalized spacial score (nSPS) is 10.3. The molecule has 0 aliphatic heterocycles. The van der Waals surface area contributed by atoms with Gasteiger partial charge in [-0.25, -0.2) is 4.79 Å². The van der Waals surface area contributed by atoms with Crippen molar-refractivity contribution >= 4 is 33.1 Å². The lowest BCUT2D eigenvalue weighted by Gasteiger charge is -1.96. The van der Waals surface area contributed by atoms with Crippen molar-refractivity contribution in [3.63, 3.8) is 0 Å². The van der Waals surface area contributed by atoms with Gasteiger partial charge < -0.3 is 4.74 Å². The number of non-ortho nitro benzene ring substituents is 1. The van der Waals surface area contributed by atoms with Crippen LogP contribution in [0.25, 0.3) is 10.1 Å². The van der Waals surface area contributed by atoms with Crippen LogP contribution < -0.4 is 0 Å². The molecular weight excluding hydrogens is 230 g/mol. The van der Waals surface area contributed by atoms with Crippen LogP contribution >= 0.6 is 11.3 Å². The zero-order chi connectivity index (χ0) is 11.7. The molecular formula is C10H7NO4S. The SMILES string of the molecule is COC(=O)c1csc2cc([N+](=O)[O-])ccc12. The van der Waals surface area contributed by atoms with Crippen molar-refractivity contribution in [2.75, 3.05) is 7.11 Å². The fraction of sp³-hybridized carbons (Fsp3) is 0.100. The van der Waals surface area contributed by atoms with Gasteiger partial charge in [0.1, 0.15) is 0 Å². The third-order valence-electron chi connectivity index (χ3n) is 2.18. The number of nitrogens with zero attached hydrogens (tertiary/aromatic N) is 1. The van der Waals surface area contributed by atoms with E-state index in [4.69, 9.17) is 0 Å². The Balaban J connectivity index is 2.59. The number of hydrogen-bond acceptors (Lipinski definition) is 5. The third kappa shape index (κ3) is 1.63. The number of hydrogen-bond donors (Lipinski definition) is 0.